The number of aromatic nitrogens is 3. The molecule has 2 aromatic rings. The Balaban J connectivity index is 1.44. The number of carbonyl (C=O) groups excluding carboxylic acids is 1. The van der Waals surface area contributed by atoms with Crippen molar-refractivity contribution >= 4 is 28.5 Å². The van der Waals surface area contributed by atoms with E-state index in [0.29, 0.717) is 49.3 Å². The summed E-state index contributed by atoms with van der Waals surface area (Å²) >= 11 is 1.36. The molecule has 140 valence electrons. The first-order chi connectivity index (χ1) is 12.4. The number of fused-ring (bicyclic) bond motifs is 1. The Kier molecular flexibility index (Phi) is 4.25. The lowest BCUT2D eigenvalue weighted by Gasteiger charge is -2.26. The van der Waals surface area contributed by atoms with E-state index in [9.17, 15) is 13.6 Å². The Morgan fingerprint density at radius 3 is 2.85 bits per heavy atom. The van der Waals surface area contributed by atoms with Crippen LogP contribution in [-0.2, 0) is 13.0 Å². The molecule has 4 rings (SSSR count). The fourth-order valence-corrected chi connectivity index (χ4v) is 4.36. The molecule has 8 nitrogen and oxygen atoms in total. The third-order valence-electron chi connectivity index (χ3n) is 4.75. The highest BCUT2D eigenvalue weighted by Gasteiger charge is 2.37. The SMILES string of the molecule is NC(=O)Nc1nc2c(s1)CN(c1nc(C3CCC(F)(F)CC3)no1)CC2. The van der Waals surface area contributed by atoms with Crippen molar-refractivity contribution in [1.82, 2.24) is 15.1 Å². The minimum atomic E-state index is -2.57. The number of carbonyl (C=O) groups is 1. The van der Waals surface area contributed by atoms with Crippen LogP contribution in [0.5, 0.6) is 0 Å². The summed E-state index contributed by atoms with van der Waals surface area (Å²) in [5.74, 6) is -2.15. The van der Waals surface area contributed by atoms with Crippen molar-refractivity contribution in [3.63, 3.8) is 0 Å². The Labute approximate surface area is 151 Å². The van der Waals surface area contributed by atoms with E-state index in [2.05, 4.69) is 20.4 Å². The number of primary amides is 1. The first-order valence-corrected chi connectivity index (χ1v) is 9.23. The molecular weight excluding hydrogens is 366 g/mol. The van der Waals surface area contributed by atoms with Crippen molar-refractivity contribution in [1.29, 1.82) is 0 Å². The number of thiazole rings is 1. The molecule has 0 aromatic carbocycles. The van der Waals surface area contributed by atoms with Gasteiger partial charge < -0.3 is 15.2 Å². The summed E-state index contributed by atoms with van der Waals surface area (Å²) in [5, 5.41) is 6.96. The van der Waals surface area contributed by atoms with E-state index in [1.807, 2.05) is 4.90 Å². The number of amides is 2. The normalized spacial score (nSPS) is 20.0. The molecule has 1 aliphatic heterocycles. The average Bonchev–Trinajstić information content (AvgIpc) is 3.19. The monoisotopic (exact) mass is 384 g/mol. The number of rotatable bonds is 3. The van der Waals surface area contributed by atoms with Crippen LogP contribution in [0.25, 0.3) is 0 Å². The molecule has 0 radical (unpaired) electrons. The zero-order chi connectivity index (χ0) is 18.3. The number of nitrogens with two attached hydrogens (primary N) is 1. The number of halogens is 2. The second-order valence-electron chi connectivity index (χ2n) is 6.62. The maximum absolute atomic E-state index is 13.3. The third-order valence-corrected chi connectivity index (χ3v) is 5.74. The number of nitrogens with one attached hydrogen (secondary N) is 1. The predicted octanol–water partition coefficient (Wildman–Crippen LogP) is 2.87. The minimum Gasteiger partial charge on any atom is -0.351 e. The van der Waals surface area contributed by atoms with Crippen molar-refractivity contribution in [2.24, 2.45) is 5.73 Å². The van der Waals surface area contributed by atoms with Crippen molar-refractivity contribution in [3.8, 4) is 0 Å². The lowest BCUT2D eigenvalue weighted by atomic mass is 9.86. The molecule has 0 saturated heterocycles. The first-order valence-electron chi connectivity index (χ1n) is 8.41. The molecule has 1 saturated carbocycles. The first kappa shape index (κ1) is 17.1. The Hall–Kier alpha value is -2.30. The number of nitrogens with zero attached hydrogens (tertiary/aromatic N) is 4. The van der Waals surface area contributed by atoms with Gasteiger partial charge in [0, 0.05) is 36.6 Å². The van der Waals surface area contributed by atoms with E-state index >= 15 is 0 Å². The van der Waals surface area contributed by atoms with Crippen LogP contribution >= 0.6 is 11.3 Å². The maximum Gasteiger partial charge on any atom is 0.324 e. The summed E-state index contributed by atoms with van der Waals surface area (Å²) < 4.78 is 32.0. The van der Waals surface area contributed by atoms with Crippen LogP contribution in [0.4, 0.5) is 24.7 Å². The summed E-state index contributed by atoms with van der Waals surface area (Å²) in [5.41, 5.74) is 6.04. The summed E-state index contributed by atoms with van der Waals surface area (Å²) in [4.78, 5) is 22.7. The number of hydrogen-bond acceptors (Lipinski definition) is 7. The van der Waals surface area contributed by atoms with Gasteiger partial charge in [0.1, 0.15) is 0 Å². The van der Waals surface area contributed by atoms with Crippen LogP contribution in [0, 0.1) is 0 Å². The highest BCUT2D eigenvalue weighted by Crippen LogP contribution is 2.40. The lowest BCUT2D eigenvalue weighted by Crippen LogP contribution is -2.30. The molecule has 2 aliphatic rings. The van der Waals surface area contributed by atoms with Crippen molar-refractivity contribution in [2.75, 3.05) is 16.8 Å². The quantitative estimate of drug-likeness (QED) is 0.842. The van der Waals surface area contributed by atoms with Gasteiger partial charge >= 0.3 is 12.0 Å². The summed E-state index contributed by atoms with van der Waals surface area (Å²) in [6, 6.07) is -0.256. The highest BCUT2D eigenvalue weighted by atomic mass is 32.1. The lowest BCUT2D eigenvalue weighted by molar-refractivity contribution is -0.0389. The van der Waals surface area contributed by atoms with E-state index in [4.69, 9.17) is 10.3 Å². The maximum atomic E-state index is 13.3. The van der Waals surface area contributed by atoms with E-state index in [1.54, 1.807) is 0 Å². The second kappa shape index (κ2) is 6.45. The summed E-state index contributed by atoms with van der Waals surface area (Å²) in [6.45, 7) is 1.19. The smallest absolute Gasteiger partial charge is 0.324 e. The van der Waals surface area contributed by atoms with Crippen molar-refractivity contribution in [2.45, 2.75) is 50.5 Å². The van der Waals surface area contributed by atoms with Crippen LogP contribution in [0.2, 0.25) is 0 Å². The average molecular weight is 384 g/mol. The summed E-state index contributed by atoms with van der Waals surface area (Å²) in [6.07, 6.45) is 1.15. The fraction of sp³-hybridized carbons (Fsp3) is 0.600. The van der Waals surface area contributed by atoms with Crippen molar-refractivity contribution in [3.05, 3.63) is 16.4 Å². The molecule has 11 heteroatoms. The van der Waals surface area contributed by atoms with Gasteiger partial charge in [-0.25, -0.2) is 18.6 Å². The molecule has 1 aliphatic carbocycles. The zero-order valence-electron chi connectivity index (χ0n) is 13.9. The molecule has 26 heavy (non-hydrogen) atoms. The second-order valence-corrected chi connectivity index (χ2v) is 7.70. The van der Waals surface area contributed by atoms with Gasteiger partial charge in [-0.15, -0.1) is 0 Å². The van der Waals surface area contributed by atoms with Gasteiger partial charge in [-0.2, -0.15) is 4.98 Å². The molecule has 1 fully saturated rings. The Bertz CT molecular complexity index is 813. The van der Waals surface area contributed by atoms with Gasteiger partial charge in [0.25, 0.3) is 0 Å². The molecule has 0 bridgehead atoms. The van der Waals surface area contributed by atoms with Gasteiger partial charge in [0.05, 0.1) is 12.2 Å². The van der Waals surface area contributed by atoms with E-state index in [-0.39, 0.29) is 18.8 Å². The minimum absolute atomic E-state index is 0.0812. The molecule has 0 unspecified atom stereocenters. The molecule has 3 N–H and O–H groups in total. The largest absolute Gasteiger partial charge is 0.351 e. The zero-order valence-corrected chi connectivity index (χ0v) is 14.7. The number of alkyl halides is 2. The Morgan fingerprint density at radius 1 is 1.35 bits per heavy atom. The predicted molar refractivity (Wildman–Crippen MR) is 90.5 cm³/mol. The van der Waals surface area contributed by atoms with E-state index in [1.165, 1.54) is 11.3 Å². The number of urea groups is 1. The molecule has 3 heterocycles. The number of hydrogen-bond donors (Lipinski definition) is 2. The molecule has 2 aromatic heterocycles. The van der Waals surface area contributed by atoms with Gasteiger partial charge in [-0.3, -0.25) is 5.32 Å². The van der Waals surface area contributed by atoms with Crippen molar-refractivity contribution < 1.29 is 18.1 Å². The fourth-order valence-electron chi connectivity index (χ4n) is 3.34. The van der Waals surface area contributed by atoms with E-state index in [0.717, 1.165) is 10.6 Å². The van der Waals surface area contributed by atoms with Crippen LogP contribution in [0.15, 0.2) is 4.52 Å². The molecular formula is C15H18F2N6O2S. The topological polar surface area (TPSA) is 110 Å². The van der Waals surface area contributed by atoms with Gasteiger partial charge in [-0.1, -0.05) is 16.5 Å². The van der Waals surface area contributed by atoms with Crippen LogP contribution in [-0.4, -0.2) is 33.6 Å². The summed E-state index contributed by atoms with van der Waals surface area (Å²) in [7, 11) is 0. The van der Waals surface area contributed by atoms with Crippen LogP contribution < -0.4 is 16.0 Å². The standard InChI is InChI=1S/C15H18F2N6O2S/c16-15(17)4-1-8(2-5-15)11-20-14(25-22-11)23-6-3-9-10(7-23)26-13(19-9)21-12(18)24/h8H,1-7H2,(H3,18,19,21,24). The van der Waals surface area contributed by atoms with Gasteiger partial charge in [-0.05, 0) is 12.8 Å². The van der Waals surface area contributed by atoms with Gasteiger partial charge in [0.15, 0.2) is 11.0 Å². The molecule has 0 atom stereocenters. The van der Waals surface area contributed by atoms with Gasteiger partial charge in [0.2, 0.25) is 5.92 Å². The Morgan fingerprint density at radius 2 is 2.12 bits per heavy atom. The molecule has 0 spiro atoms. The third kappa shape index (κ3) is 3.48. The number of anilines is 2. The highest BCUT2D eigenvalue weighted by molar-refractivity contribution is 7.15. The van der Waals surface area contributed by atoms with Crippen LogP contribution in [0.1, 0.15) is 48.0 Å². The van der Waals surface area contributed by atoms with Crippen LogP contribution in [0.3, 0.4) is 0 Å². The molecule has 2 amide bonds. The van der Waals surface area contributed by atoms with E-state index < -0.39 is 12.0 Å².